The van der Waals surface area contributed by atoms with Gasteiger partial charge >= 0.3 is 101 Å². The predicted molar refractivity (Wildman–Crippen MR) is 71.1 cm³/mol. The third kappa shape index (κ3) is 3.87. The molecule has 0 rings (SSSR count). The third-order valence-corrected chi connectivity index (χ3v) is 17.5. The first-order valence-electron chi connectivity index (χ1n) is 2.26. The summed E-state index contributed by atoms with van der Waals surface area (Å²) in [5.41, 5.74) is 0.496. The Morgan fingerprint density at radius 1 is 1.33 bits per heavy atom. The van der Waals surface area contributed by atoms with Crippen molar-refractivity contribution in [2.24, 2.45) is 0 Å². The molecule has 1 nitrogen and oxygen atoms in total. The second-order valence-corrected chi connectivity index (χ2v) is 39.0. The van der Waals surface area contributed by atoms with Crippen LogP contribution in [-0.2, 0) is 4.08 Å². The minimum atomic E-state index is -2.03. The van der Waals surface area contributed by atoms with Crippen LogP contribution in [0, 0.1) is 0 Å². The van der Waals surface area contributed by atoms with Gasteiger partial charge in [-0.3, -0.25) is 0 Å². The van der Waals surface area contributed by atoms with Crippen molar-refractivity contribution in [3.63, 3.8) is 0 Å². The molecule has 0 amide bonds. The zero-order valence-corrected chi connectivity index (χ0v) is 13.1. The van der Waals surface area contributed by atoms with Gasteiger partial charge in [-0.05, 0) is 0 Å². The molecule has 0 aliphatic heterocycles. The van der Waals surface area contributed by atoms with Gasteiger partial charge in [-0.25, -0.2) is 0 Å². The van der Waals surface area contributed by atoms with E-state index in [2.05, 4.69) is 80.0 Å². The fraction of sp³-hybridized carbons (Fsp3) is 1.00. The number of halogens is 4. The molecule has 0 saturated carbocycles. The summed E-state index contributed by atoms with van der Waals surface area (Å²) in [6.45, 7) is 4.23. The third-order valence-electron chi connectivity index (χ3n) is 0.914. The van der Waals surface area contributed by atoms with E-state index in [1.165, 1.54) is 0 Å². The molecule has 0 N–H and O–H groups in total. The summed E-state index contributed by atoms with van der Waals surface area (Å²) in [5, 5.41) is 0. The predicted octanol–water partition coefficient (Wildman–Crippen LogP) is 5.08. The van der Waals surface area contributed by atoms with E-state index in [4.69, 9.17) is 15.9 Å². The Kier molecular flexibility index (Phi) is 4.91. The van der Waals surface area contributed by atoms with Crippen LogP contribution in [-0.4, -0.2) is 5.66 Å². The summed E-state index contributed by atoms with van der Waals surface area (Å²) >= 11 is 12.3. The van der Waals surface area contributed by atoms with Gasteiger partial charge in [-0.15, -0.1) is 0 Å². The molecule has 0 fully saturated rings. The first kappa shape index (κ1) is 11.9. The molecule has 0 saturated heterocycles. The van der Waals surface area contributed by atoms with Crippen molar-refractivity contribution >= 4 is 77.7 Å². The van der Waals surface area contributed by atoms with Gasteiger partial charge in [0.2, 0.25) is 0 Å². The van der Waals surface area contributed by atoms with Crippen LogP contribution in [0.25, 0.3) is 0 Å². The van der Waals surface area contributed by atoms with E-state index < -0.39 is -0.242 Å². The van der Waals surface area contributed by atoms with Gasteiger partial charge in [-0.1, -0.05) is 0 Å². The molecule has 9 heavy (non-hydrogen) atoms. The fourth-order valence-electron chi connectivity index (χ4n) is 0.0797. The maximum atomic E-state index is 5.36. The van der Waals surface area contributed by atoms with Crippen molar-refractivity contribution in [1.82, 2.24) is 0 Å². The molecular weight excluding hydrogens is 499 g/mol. The van der Waals surface area contributed by atoms with E-state index in [0.717, 1.165) is 0 Å². The van der Waals surface area contributed by atoms with Crippen LogP contribution >= 0.6 is 77.7 Å². The maximum absolute atomic E-state index is 5.36. The van der Waals surface area contributed by atoms with Gasteiger partial charge in [0.15, 0.2) is 0 Å². The normalized spacial score (nSPS) is 17.4. The zero-order valence-electron chi connectivity index (χ0n) is 4.94. The van der Waals surface area contributed by atoms with Crippen LogP contribution in [0.5, 0.6) is 0 Å². The zero-order chi connectivity index (χ0) is 7.73. The molecule has 0 aromatic rings. The average Bonchev–Trinajstić information content (AvgIpc) is 1.66. The minimum absolute atomic E-state index is 0.496. The second-order valence-electron chi connectivity index (χ2n) is 1.96. The van der Waals surface area contributed by atoms with Crippen LogP contribution in [0.3, 0.4) is 0 Å². The number of rotatable bonds is 2. The van der Waals surface area contributed by atoms with Gasteiger partial charge < -0.3 is 0 Å². The van der Waals surface area contributed by atoms with Crippen LogP contribution in [0.2, 0.25) is 0 Å². The summed E-state index contributed by atoms with van der Waals surface area (Å²) in [7, 11) is 0. The van der Waals surface area contributed by atoms with Crippen molar-refractivity contribution in [2.45, 2.75) is 19.5 Å². The van der Waals surface area contributed by atoms with E-state index in [-0.39, 0.29) is 0 Å². The summed E-state index contributed by atoms with van der Waals surface area (Å²) in [6.07, 6.45) is 0. The van der Waals surface area contributed by atoms with Crippen molar-refractivity contribution < 1.29 is 4.08 Å². The molecule has 58 valence electrons. The van der Waals surface area contributed by atoms with Gasteiger partial charge in [0.25, 0.3) is 0 Å². The fourth-order valence-corrected chi connectivity index (χ4v) is 0.717. The molecule has 6 heteroatoms. The van der Waals surface area contributed by atoms with Crippen molar-refractivity contribution in [1.29, 1.82) is 0 Å². The van der Waals surface area contributed by atoms with Gasteiger partial charge in [-0.2, -0.15) is 0 Å². The molecule has 0 bridgehead atoms. The Morgan fingerprint density at radius 2 is 1.67 bits per heavy atom. The summed E-state index contributed by atoms with van der Waals surface area (Å²) in [4.78, 5) is 0. The van der Waals surface area contributed by atoms with E-state index in [0.29, 0.717) is 5.66 Å². The van der Waals surface area contributed by atoms with E-state index in [1.54, 1.807) is 0 Å². The molecule has 0 spiro atoms. The van der Waals surface area contributed by atoms with Crippen LogP contribution in [0.15, 0.2) is 0 Å². The first-order valence-corrected chi connectivity index (χ1v) is 13.1. The number of hydrogen-bond acceptors (Lipinski definition) is 1. The summed E-state index contributed by atoms with van der Waals surface area (Å²) in [6, 6.07) is 0. The SMILES string of the molecule is CC(C)P(I)(I)(I)OCl. The Balaban J connectivity index is 4.30. The van der Waals surface area contributed by atoms with Gasteiger partial charge in [0.05, 0.1) is 0 Å². The standard InChI is InChI=1S/C3H7ClI3OP/c1-3(2)9(5,6,7)8-4/h3H,1-2H3. The van der Waals surface area contributed by atoms with Crippen LogP contribution < -0.4 is 0 Å². The molecular formula is C3H7ClI3OP. The van der Waals surface area contributed by atoms with Gasteiger partial charge in [0, 0.05) is 0 Å². The molecule has 0 radical (unpaired) electrons. The van der Waals surface area contributed by atoms with Crippen molar-refractivity contribution in [3.8, 4) is 0 Å². The van der Waals surface area contributed by atoms with Crippen molar-refractivity contribution in [3.05, 3.63) is 0 Å². The van der Waals surface area contributed by atoms with Crippen molar-refractivity contribution in [2.75, 3.05) is 0 Å². The molecule has 0 unspecified atom stereocenters. The summed E-state index contributed by atoms with van der Waals surface area (Å²) in [5.74, 6) is 0. The quantitative estimate of drug-likeness (QED) is 0.375. The summed E-state index contributed by atoms with van der Waals surface area (Å²) < 4.78 is 2.91. The monoisotopic (exact) mass is 506 g/mol. The number of hydrogen-bond donors (Lipinski definition) is 0. The average molecular weight is 506 g/mol. The molecule has 0 aromatic carbocycles. The van der Waals surface area contributed by atoms with Crippen LogP contribution in [0.1, 0.15) is 13.8 Å². The Morgan fingerprint density at radius 3 is 1.67 bits per heavy atom. The first-order chi connectivity index (χ1) is 3.78. The Bertz CT molecular complexity index is 109. The van der Waals surface area contributed by atoms with E-state index in [9.17, 15) is 0 Å². The van der Waals surface area contributed by atoms with Crippen LogP contribution in [0.4, 0.5) is 0 Å². The Labute approximate surface area is 99.6 Å². The molecule has 0 aliphatic carbocycles. The molecule has 0 aliphatic rings. The van der Waals surface area contributed by atoms with E-state index >= 15 is 0 Å². The molecule has 0 heterocycles. The second kappa shape index (κ2) is 3.72. The molecule has 0 aromatic heterocycles. The molecule has 0 atom stereocenters. The Hall–Kier alpha value is 2.87. The van der Waals surface area contributed by atoms with Gasteiger partial charge in [0.1, 0.15) is 0 Å². The van der Waals surface area contributed by atoms with E-state index in [1.807, 2.05) is 0 Å². The topological polar surface area (TPSA) is 9.23 Å².